The van der Waals surface area contributed by atoms with E-state index < -0.39 is 0 Å². The van der Waals surface area contributed by atoms with Gasteiger partial charge in [-0.2, -0.15) is 5.10 Å². The van der Waals surface area contributed by atoms with Gasteiger partial charge in [-0.1, -0.05) is 25.4 Å². The zero-order valence-electron chi connectivity index (χ0n) is 10.9. The topological polar surface area (TPSA) is 29.9 Å². The summed E-state index contributed by atoms with van der Waals surface area (Å²) in [5, 5.41) is 8.61. The predicted octanol–water partition coefficient (Wildman–Crippen LogP) is 3.05. The summed E-state index contributed by atoms with van der Waals surface area (Å²) in [5.74, 6) is 0. The third-order valence-corrected chi connectivity index (χ3v) is 4.00. The van der Waals surface area contributed by atoms with E-state index in [2.05, 4.69) is 31.2 Å². The van der Waals surface area contributed by atoms with E-state index in [1.165, 1.54) is 0 Å². The molecule has 1 aromatic rings. The number of hydrogen-bond acceptors (Lipinski definition) is 2. The van der Waals surface area contributed by atoms with Gasteiger partial charge in [0.2, 0.25) is 0 Å². The molecule has 0 radical (unpaired) electrons. The fraction of sp³-hybridized carbons (Fsp3) is 0.750. The van der Waals surface area contributed by atoms with Gasteiger partial charge in [0.05, 0.1) is 5.69 Å². The molecule has 1 heterocycles. The molecule has 0 atom stereocenters. The molecule has 92 valence electrons. The first-order chi connectivity index (χ1) is 7.43. The van der Waals surface area contributed by atoms with Crippen LogP contribution in [-0.4, -0.2) is 15.3 Å². The van der Waals surface area contributed by atoms with Gasteiger partial charge in [0.15, 0.2) is 0 Å². The van der Waals surface area contributed by atoms with E-state index in [0.717, 1.165) is 35.8 Å². The fourth-order valence-electron chi connectivity index (χ4n) is 1.68. The molecule has 0 aliphatic carbocycles. The summed E-state index contributed by atoms with van der Waals surface area (Å²) in [4.78, 5) is 0. The van der Waals surface area contributed by atoms with Crippen molar-refractivity contribution in [3.05, 3.63) is 16.4 Å². The van der Waals surface area contributed by atoms with Gasteiger partial charge in [-0.3, -0.25) is 4.68 Å². The zero-order valence-corrected chi connectivity index (χ0v) is 11.6. The molecule has 0 aliphatic rings. The highest BCUT2D eigenvalue weighted by atomic mass is 35.5. The van der Waals surface area contributed by atoms with Crippen LogP contribution in [0.1, 0.15) is 44.9 Å². The molecule has 0 saturated heterocycles. The Kier molecular flexibility index (Phi) is 4.39. The molecule has 1 rings (SSSR count). The summed E-state index contributed by atoms with van der Waals surface area (Å²) in [5.41, 5.74) is 2.30. The number of halogens is 1. The summed E-state index contributed by atoms with van der Waals surface area (Å²) in [6, 6.07) is 0. The summed E-state index contributed by atoms with van der Waals surface area (Å²) in [6.07, 6.45) is 2.22. The lowest BCUT2D eigenvalue weighted by molar-refractivity contribution is 0.329. The highest BCUT2D eigenvalue weighted by molar-refractivity contribution is 6.30. The highest BCUT2D eigenvalue weighted by Crippen LogP contribution is 2.21. The molecule has 0 fully saturated rings. The summed E-state index contributed by atoms with van der Waals surface area (Å²) in [6.45, 7) is 9.43. The maximum Gasteiger partial charge on any atom is 0.131 e. The molecule has 0 aliphatic heterocycles. The minimum Gasteiger partial charge on any atom is -0.307 e. The number of rotatable bonds is 5. The SMILES string of the molecule is CCC(C)(CC)NCc1c(C)nn(C)c1Cl. The molecule has 0 amide bonds. The molecule has 0 unspecified atom stereocenters. The van der Waals surface area contributed by atoms with Gasteiger partial charge in [-0.05, 0) is 26.7 Å². The summed E-state index contributed by atoms with van der Waals surface area (Å²) in [7, 11) is 1.87. The number of hydrogen-bond donors (Lipinski definition) is 1. The lowest BCUT2D eigenvalue weighted by Crippen LogP contribution is -2.40. The summed E-state index contributed by atoms with van der Waals surface area (Å²) >= 11 is 6.19. The number of nitrogens with zero attached hydrogens (tertiary/aromatic N) is 2. The van der Waals surface area contributed by atoms with E-state index in [0.29, 0.717) is 0 Å². The van der Waals surface area contributed by atoms with Crippen LogP contribution in [0.25, 0.3) is 0 Å². The van der Waals surface area contributed by atoms with Crippen molar-refractivity contribution in [3.63, 3.8) is 0 Å². The van der Waals surface area contributed by atoms with Gasteiger partial charge in [-0.25, -0.2) is 0 Å². The van der Waals surface area contributed by atoms with Crippen molar-refractivity contribution in [3.8, 4) is 0 Å². The summed E-state index contributed by atoms with van der Waals surface area (Å²) < 4.78 is 1.73. The molecule has 4 heteroatoms. The lowest BCUT2D eigenvalue weighted by atomic mass is 9.95. The molecule has 0 spiro atoms. The van der Waals surface area contributed by atoms with Gasteiger partial charge in [0, 0.05) is 24.7 Å². The monoisotopic (exact) mass is 243 g/mol. The van der Waals surface area contributed by atoms with Gasteiger partial charge in [-0.15, -0.1) is 0 Å². The normalized spacial score (nSPS) is 12.1. The Balaban J connectivity index is 2.74. The van der Waals surface area contributed by atoms with Crippen LogP contribution in [-0.2, 0) is 13.6 Å². The Morgan fingerprint density at radius 1 is 1.38 bits per heavy atom. The number of aromatic nitrogens is 2. The second-order valence-corrected chi connectivity index (χ2v) is 4.96. The van der Waals surface area contributed by atoms with Gasteiger partial charge in [0.1, 0.15) is 5.15 Å². The first-order valence-corrected chi connectivity index (χ1v) is 6.24. The van der Waals surface area contributed by atoms with Gasteiger partial charge in [0.25, 0.3) is 0 Å². The van der Waals surface area contributed by atoms with Crippen molar-refractivity contribution in [2.45, 2.75) is 52.6 Å². The average Bonchev–Trinajstić information content (AvgIpc) is 2.51. The van der Waals surface area contributed by atoms with Crippen LogP contribution in [0.3, 0.4) is 0 Å². The first kappa shape index (κ1) is 13.5. The molecule has 0 bridgehead atoms. The third kappa shape index (κ3) is 2.77. The van der Waals surface area contributed by atoms with E-state index in [1.807, 2.05) is 14.0 Å². The van der Waals surface area contributed by atoms with E-state index in [1.54, 1.807) is 4.68 Å². The Morgan fingerprint density at radius 3 is 2.31 bits per heavy atom. The predicted molar refractivity (Wildman–Crippen MR) is 68.8 cm³/mol. The minimum absolute atomic E-state index is 0.186. The maximum atomic E-state index is 6.19. The highest BCUT2D eigenvalue weighted by Gasteiger charge is 2.20. The minimum atomic E-state index is 0.186. The lowest BCUT2D eigenvalue weighted by Gasteiger charge is -2.28. The molecule has 1 N–H and O–H groups in total. The average molecular weight is 244 g/mol. The Bertz CT molecular complexity index is 353. The molecule has 16 heavy (non-hydrogen) atoms. The number of nitrogens with one attached hydrogen (secondary N) is 1. The molecular weight excluding hydrogens is 222 g/mol. The Labute approximate surface area is 103 Å². The fourth-order valence-corrected chi connectivity index (χ4v) is 1.92. The molecule has 1 aromatic heterocycles. The molecule has 0 aromatic carbocycles. The van der Waals surface area contributed by atoms with Crippen LogP contribution in [0.4, 0.5) is 0 Å². The quantitative estimate of drug-likeness (QED) is 0.862. The van der Waals surface area contributed by atoms with Crippen LogP contribution in [0, 0.1) is 6.92 Å². The van der Waals surface area contributed by atoms with Crippen molar-refractivity contribution in [2.24, 2.45) is 7.05 Å². The smallest absolute Gasteiger partial charge is 0.131 e. The Hall–Kier alpha value is -0.540. The van der Waals surface area contributed by atoms with Gasteiger partial charge >= 0.3 is 0 Å². The third-order valence-electron chi connectivity index (χ3n) is 3.52. The van der Waals surface area contributed by atoms with Crippen LogP contribution in [0.2, 0.25) is 5.15 Å². The van der Waals surface area contributed by atoms with E-state index in [4.69, 9.17) is 11.6 Å². The van der Waals surface area contributed by atoms with Crippen molar-refractivity contribution in [1.82, 2.24) is 15.1 Å². The number of aryl methyl sites for hydroxylation is 2. The maximum absolute atomic E-state index is 6.19. The second kappa shape index (κ2) is 5.19. The van der Waals surface area contributed by atoms with Gasteiger partial charge < -0.3 is 5.32 Å². The van der Waals surface area contributed by atoms with Crippen LogP contribution in [0.5, 0.6) is 0 Å². The first-order valence-electron chi connectivity index (χ1n) is 5.86. The zero-order chi connectivity index (χ0) is 12.3. The van der Waals surface area contributed by atoms with Crippen LogP contribution >= 0.6 is 11.6 Å². The van der Waals surface area contributed by atoms with Crippen molar-refractivity contribution >= 4 is 11.6 Å². The largest absolute Gasteiger partial charge is 0.307 e. The van der Waals surface area contributed by atoms with Crippen LogP contribution in [0.15, 0.2) is 0 Å². The van der Waals surface area contributed by atoms with Crippen molar-refractivity contribution in [1.29, 1.82) is 0 Å². The standard InChI is InChI=1S/C12H22ClN3/c1-6-12(4,7-2)14-8-10-9(3)15-16(5)11(10)13/h14H,6-8H2,1-5H3. The Morgan fingerprint density at radius 2 is 1.94 bits per heavy atom. The molecular formula is C12H22ClN3. The van der Waals surface area contributed by atoms with E-state index in [-0.39, 0.29) is 5.54 Å². The van der Waals surface area contributed by atoms with E-state index >= 15 is 0 Å². The van der Waals surface area contributed by atoms with Crippen molar-refractivity contribution < 1.29 is 0 Å². The van der Waals surface area contributed by atoms with E-state index in [9.17, 15) is 0 Å². The molecule has 0 saturated carbocycles. The van der Waals surface area contributed by atoms with Crippen molar-refractivity contribution in [2.75, 3.05) is 0 Å². The molecule has 3 nitrogen and oxygen atoms in total. The second-order valence-electron chi connectivity index (χ2n) is 4.60. The van der Waals surface area contributed by atoms with Crippen LogP contribution < -0.4 is 5.32 Å².